The number of nitrogens with one attached hydrogen (secondary N) is 1. The van der Waals surface area contributed by atoms with Crippen molar-refractivity contribution in [3.05, 3.63) is 38.7 Å². The van der Waals surface area contributed by atoms with Crippen molar-refractivity contribution in [3.8, 4) is 0 Å². The van der Waals surface area contributed by atoms with Crippen LogP contribution in [0.2, 0.25) is 0 Å². The van der Waals surface area contributed by atoms with E-state index in [9.17, 15) is 4.79 Å². The lowest BCUT2D eigenvalue weighted by molar-refractivity contribution is 0.0946. The van der Waals surface area contributed by atoms with Gasteiger partial charge >= 0.3 is 0 Å². The Morgan fingerprint density at radius 3 is 3.05 bits per heavy atom. The third-order valence-electron chi connectivity index (χ3n) is 4.12. The zero-order chi connectivity index (χ0) is 15.0. The van der Waals surface area contributed by atoms with Gasteiger partial charge in [0, 0.05) is 10.3 Å². The first-order chi connectivity index (χ1) is 10.0. The Bertz CT molecular complexity index is 652. The van der Waals surface area contributed by atoms with E-state index in [1.807, 2.05) is 19.2 Å². The predicted octanol–water partition coefficient (Wildman–Crippen LogP) is 3.41. The van der Waals surface area contributed by atoms with Gasteiger partial charge in [-0.2, -0.15) is 0 Å². The van der Waals surface area contributed by atoms with Gasteiger partial charge in [0.2, 0.25) is 5.89 Å². The fourth-order valence-corrected chi connectivity index (χ4v) is 3.98. The second kappa shape index (κ2) is 5.64. The van der Waals surface area contributed by atoms with E-state index in [1.54, 1.807) is 11.3 Å². The van der Waals surface area contributed by atoms with E-state index in [2.05, 4.69) is 17.2 Å². The summed E-state index contributed by atoms with van der Waals surface area (Å²) >= 11 is 1.71. The summed E-state index contributed by atoms with van der Waals surface area (Å²) in [5.41, 5.74) is 2.96. The number of nitrogens with zero attached hydrogens (tertiary/aromatic N) is 1. The van der Waals surface area contributed by atoms with Gasteiger partial charge in [0.15, 0.2) is 0 Å². The summed E-state index contributed by atoms with van der Waals surface area (Å²) in [6, 6.07) is 0. The minimum Gasteiger partial charge on any atom is -0.444 e. The van der Waals surface area contributed by atoms with Crippen molar-refractivity contribution < 1.29 is 9.21 Å². The van der Waals surface area contributed by atoms with Gasteiger partial charge in [-0.1, -0.05) is 6.92 Å². The number of hydrogen-bond acceptors (Lipinski definition) is 4. The van der Waals surface area contributed by atoms with Crippen LogP contribution in [0.5, 0.6) is 0 Å². The van der Waals surface area contributed by atoms with Gasteiger partial charge in [0.25, 0.3) is 5.91 Å². The SMILES string of the molecule is Cc1nc(CNC(=O)c2csc3c2CCC(C)C3)oc1C. The molecule has 0 fully saturated rings. The molecule has 1 aliphatic rings. The van der Waals surface area contributed by atoms with E-state index < -0.39 is 0 Å². The van der Waals surface area contributed by atoms with Crippen LogP contribution in [-0.4, -0.2) is 10.9 Å². The normalized spacial score (nSPS) is 17.6. The first kappa shape index (κ1) is 14.3. The van der Waals surface area contributed by atoms with E-state index in [1.165, 1.54) is 16.9 Å². The molecule has 0 bridgehead atoms. The van der Waals surface area contributed by atoms with Crippen molar-refractivity contribution in [3.63, 3.8) is 0 Å². The lowest BCUT2D eigenvalue weighted by Gasteiger charge is -2.18. The Morgan fingerprint density at radius 2 is 2.33 bits per heavy atom. The third-order valence-corrected chi connectivity index (χ3v) is 5.17. The smallest absolute Gasteiger partial charge is 0.252 e. The topological polar surface area (TPSA) is 55.1 Å². The second-order valence-corrected chi connectivity index (χ2v) is 6.80. The van der Waals surface area contributed by atoms with E-state index in [4.69, 9.17) is 4.42 Å². The number of rotatable bonds is 3. The van der Waals surface area contributed by atoms with Crippen LogP contribution in [0, 0.1) is 19.8 Å². The largest absolute Gasteiger partial charge is 0.444 e. The molecule has 4 nitrogen and oxygen atoms in total. The van der Waals surface area contributed by atoms with Crippen molar-refractivity contribution in [1.29, 1.82) is 0 Å². The van der Waals surface area contributed by atoms with Crippen LogP contribution in [0.15, 0.2) is 9.80 Å². The van der Waals surface area contributed by atoms with Gasteiger partial charge in [-0.3, -0.25) is 4.79 Å². The third kappa shape index (κ3) is 2.88. The summed E-state index contributed by atoms with van der Waals surface area (Å²) < 4.78 is 5.49. The number of fused-ring (bicyclic) bond motifs is 1. The highest BCUT2D eigenvalue weighted by Crippen LogP contribution is 2.32. The molecule has 0 aromatic carbocycles. The van der Waals surface area contributed by atoms with Gasteiger partial charge in [0.05, 0.1) is 17.8 Å². The molecule has 5 heteroatoms. The van der Waals surface area contributed by atoms with Crippen molar-refractivity contribution in [2.24, 2.45) is 5.92 Å². The maximum atomic E-state index is 12.4. The van der Waals surface area contributed by atoms with Gasteiger partial charge in [0.1, 0.15) is 5.76 Å². The highest BCUT2D eigenvalue weighted by Gasteiger charge is 2.23. The van der Waals surface area contributed by atoms with Crippen LogP contribution in [0.25, 0.3) is 0 Å². The maximum Gasteiger partial charge on any atom is 0.252 e. The minimum atomic E-state index is -0.0180. The average molecular weight is 304 g/mol. The van der Waals surface area contributed by atoms with Crippen LogP contribution in [0.1, 0.15) is 51.5 Å². The number of hydrogen-bond donors (Lipinski definition) is 1. The summed E-state index contributed by atoms with van der Waals surface area (Å²) in [5, 5.41) is 4.90. The molecule has 0 aliphatic heterocycles. The standard InChI is InChI=1S/C16H20N2O2S/c1-9-4-5-12-13(8-21-14(12)6-9)16(19)17-7-15-18-10(2)11(3)20-15/h8-9H,4-7H2,1-3H3,(H,17,19). The lowest BCUT2D eigenvalue weighted by Crippen LogP contribution is -2.24. The first-order valence-electron chi connectivity index (χ1n) is 7.35. The number of thiophene rings is 1. The van der Waals surface area contributed by atoms with Crippen molar-refractivity contribution in [2.75, 3.05) is 0 Å². The number of amides is 1. The molecule has 21 heavy (non-hydrogen) atoms. The molecule has 0 radical (unpaired) electrons. The molecule has 3 rings (SSSR count). The van der Waals surface area contributed by atoms with E-state index in [0.29, 0.717) is 12.4 Å². The predicted molar refractivity (Wildman–Crippen MR) is 82.7 cm³/mol. The zero-order valence-corrected chi connectivity index (χ0v) is 13.5. The van der Waals surface area contributed by atoms with Gasteiger partial charge < -0.3 is 9.73 Å². The summed E-state index contributed by atoms with van der Waals surface area (Å²) in [5.74, 6) is 2.08. The van der Waals surface area contributed by atoms with Gasteiger partial charge in [-0.15, -0.1) is 11.3 Å². The van der Waals surface area contributed by atoms with Gasteiger partial charge in [-0.25, -0.2) is 4.98 Å². The molecule has 1 N–H and O–H groups in total. The number of aromatic nitrogens is 1. The summed E-state index contributed by atoms with van der Waals surface area (Å²) in [7, 11) is 0. The fourth-order valence-electron chi connectivity index (χ4n) is 2.73. The van der Waals surface area contributed by atoms with Crippen molar-refractivity contribution in [1.82, 2.24) is 10.3 Å². The van der Waals surface area contributed by atoms with Crippen molar-refractivity contribution >= 4 is 17.2 Å². The molecule has 2 heterocycles. The zero-order valence-electron chi connectivity index (χ0n) is 12.7. The summed E-state index contributed by atoms with van der Waals surface area (Å²) in [6.07, 6.45) is 3.29. The molecule has 112 valence electrons. The fraction of sp³-hybridized carbons (Fsp3) is 0.500. The number of oxazole rings is 1. The van der Waals surface area contributed by atoms with Crippen LogP contribution < -0.4 is 5.32 Å². The van der Waals surface area contributed by atoms with Gasteiger partial charge in [-0.05, 0) is 44.6 Å². The molecule has 1 atom stereocenters. The summed E-state index contributed by atoms with van der Waals surface area (Å²) in [6.45, 7) is 6.40. The Morgan fingerprint density at radius 1 is 1.52 bits per heavy atom. The van der Waals surface area contributed by atoms with Crippen LogP contribution in [0.3, 0.4) is 0 Å². The first-order valence-corrected chi connectivity index (χ1v) is 8.23. The molecule has 1 amide bonds. The molecule has 2 aromatic heterocycles. The maximum absolute atomic E-state index is 12.4. The van der Waals surface area contributed by atoms with E-state index >= 15 is 0 Å². The average Bonchev–Trinajstić information content (AvgIpc) is 3.00. The number of carbonyl (C=O) groups is 1. The second-order valence-electron chi connectivity index (χ2n) is 5.83. The highest BCUT2D eigenvalue weighted by atomic mass is 32.1. The van der Waals surface area contributed by atoms with E-state index in [0.717, 1.165) is 35.8 Å². The Hall–Kier alpha value is -1.62. The Balaban J connectivity index is 1.69. The minimum absolute atomic E-state index is 0.0180. The van der Waals surface area contributed by atoms with Crippen LogP contribution in [-0.2, 0) is 19.4 Å². The monoisotopic (exact) mass is 304 g/mol. The molecule has 2 aromatic rings. The Labute approximate surface area is 128 Å². The van der Waals surface area contributed by atoms with Crippen molar-refractivity contribution in [2.45, 2.75) is 46.6 Å². The lowest BCUT2D eigenvalue weighted by atomic mass is 9.88. The molecular formula is C16H20N2O2S. The molecule has 0 saturated heterocycles. The summed E-state index contributed by atoms with van der Waals surface area (Å²) in [4.78, 5) is 18.0. The molecule has 1 unspecified atom stereocenters. The van der Waals surface area contributed by atoms with Crippen LogP contribution >= 0.6 is 11.3 Å². The van der Waals surface area contributed by atoms with Crippen LogP contribution in [0.4, 0.5) is 0 Å². The van der Waals surface area contributed by atoms with E-state index in [-0.39, 0.29) is 5.91 Å². The molecule has 1 aliphatic carbocycles. The number of carbonyl (C=O) groups excluding carboxylic acids is 1. The quantitative estimate of drug-likeness (QED) is 0.945. The molecule has 0 saturated carbocycles. The molecule has 0 spiro atoms. The highest BCUT2D eigenvalue weighted by molar-refractivity contribution is 7.10. The number of aryl methyl sites for hydroxylation is 2. The Kier molecular flexibility index (Phi) is 3.85. The molecular weight excluding hydrogens is 284 g/mol.